The molecule has 1 N–H and O–H groups in total. The number of ether oxygens (including phenoxy) is 2. The molecule has 0 aliphatic heterocycles. The van der Waals surface area contributed by atoms with Gasteiger partial charge in [0.1, 0.15) is 25.9 Å². The van der Waals surface area contributed by atoms with Gasteiger partial charge in [0.2, 0.25) is 0 Å². The van der Waals surface area contributed by atoms with Gasteiger partial charge in [-0.3, -0.25) is 4.79 Å². The van der Waals surface area contributed by atoms with E-state index in [0.717, 1.165) is 12.8 Å². The zero-order valence-electron chi connectivity index (χ0n) is 22.6. The Kier molecular flexibility index (Phi) is 21.0. The van der Waals surface area contributed by atoms with Crippen LogP contribution in [0.5, 0.6) is 0 Å². The van der Waals surface area contributed by atoms with Gasteiger partial charge in [0.25, 0.3) is 0 Å². The average molecular weight is 527 g/mol. The predicted octanol–water partition coefficient (Wildman–Crippen LogP) is 5.98. The summed E-state index contributed by atoms with van der Waals surface area (Å²) in [6.45, 7) is 0.0195. The van der Waals surface area contributed by atoms with Crippen molar-refractivity contribution in [2.24, 2.45) is 0 Å². The van der Waals surface area contributed by atoms with Crippen molar-refractivity contribution in [3.63, 3.8) is 0 Å². The van der Waals surface area contributed by atoms with Crippen LogP contribution < -0.4 is 0 Å². The molecule has 0 aromatic rings. The molecular formula is C25H53NO6PS+. The monoisotopic (exact) mass is 526 g/mol. The van der Waals surface area contributed by atoms with Crippen molar-refractivity contribution >= 4 is 24.5 Å². The Hall–Kier alpha value is -0.0800. The first-order valence-electron chi connectivity index (χ1n) is 13.2. The van der Waals surface area contributed by atoms with E-state index in [1.807, 2.05) is 21.1 Å². The van der Waals surface area contributed by atoms with Crippen molar-refractivity contribution in [2.45, 2.75) is 103 Å². The van der Waals surface area contributed by atoms with Gasteiger partial charge in [-0.25, -0.2) is 0 Å². The Morgan fingerprint density at radius 2 is 1.35 bits per heavy atom. The molecule has 0 aromatic carbocycles. The van der Waals surface area contributed by atoms with Crippen molar-refractivity contribution in [1.29, 1.82) is 0 Å². The number of quaternary nitrogens is 1. The molecule has 0 radical (unpaired) electrons. The molecule has 0 heterocycles. The predicted molar refractivity (Wildman–Crippen MR) is 143 cm³/mol. The van der Waals surface area contributed by atoms with Gasteiger partial charge in [0.15, 0.2) is 0 Å². The lowest BCUT2D eigenvalue weighted by Gasteiger charge is -2.25. The number of likely N-dealkylation sites (N-methyl/N-ethyl adjacent to an activating group) is 1. The number of nitrogens with zero attached hydrogens (tertiary/aromatic N) is 1. The Morgan fingerprint density at radius 3 is 1.82 bits per heavy atom. The minimum Gasteiger partial charge on any atom is -0.463 e. The fourth-order valence-electron chi connectivity index (χ4n) is 3.37. The molecular weight excluding hydrogens is 473 g/mol. The van der Waals surface area contributed by atoms with E-state index in [4.69, 9.17) is 30.3 Å². The third-order valence-electron chi connectivity index (χ3n) is 5.69. The van der Waals surface area contributed by atoms with Crippen molar-refractivity contribution in [2.75, 3.05) is 54.6 Å². The summed E-state index contributed by atoms with van der Waals surface area (Å²) in [5.41, 5.74) is 0. The van der Waals surface area contributed by atoms with Gasteiger partial charge in [-0.05, 0) is 18.2 Å². The first kappa shape index (κ1) is 33.9. The third kappa shape index (κ3) is 23.7. The first-order chi connectivity index (χ1) is 16.1. The molecule has 0 aliphatic carbocycles. The van der Waals surface area contributed by atoms with E-state index >= 15 is 0 Å². The minimum atomic E-state index is -3.33. The fraction of sp³-hybridized carbons (Fsp3) is 0.960. The number of hydrogen-bond acceptors (Lipinski definition) is 6. The van der Waals surface area contributed by atoms with Crippen LogP contribution in [0.4, 0.5) is 0 Å². The topological polar surface area (TPSA) is 74.2 Å². The Morgan fingerprint density at radius 1 is 0.853 bits per heavy atom. The Labute approximate surface area is 214 Å². The summed E-state index contributed by atoms with van der Waals surface area (Å²) >= 11 is 5.03. The SMILES string of the molecule is CCCCCCCCCCCCCCCC(=O)OCC(COP(O)(=S)OCC[N+](C)(C)C)OC. The molecule has 34 heavy (non-hydrogen) atoms. The molecule has 0 amide bonds. The summed E-state index contributed by atoms with van der Waals surface area (Å²) in [5.74, 6) is -0.229. The van der Waals surface area contributed by atoms with E-state index in [-0.39, 0.29) is 19.2 Å². The molecule has 0 saturated heterocycles. The lowest BCUT2D eigenvalue weighted by atomic mass is 10.0. The number of carbonyl (C=O) groups excluding carboxylic acids is 1. The number of unbranched alkanes of at least 4 members (excludes halogenated alkanes) is 12. The second-order valence-electron chi connectivity index (χ2n) is 10.1. The van der Waals surface area contributed by atoms with Gasteiger partial charge in [-0.1, -0.05) is 84.0 Å². The second-order valence-corrected chi connectivity index (χ2v) is 13.0. The van der Waals surface area contributed by atoms with Crippen molar-refractivity contribution in [1.82, 2.24) is 0 Å². The highest BCUT2D eigenvalue weighted by molar-refractivity contribution is 8.07. The highest BCUT2D eigenvalue weighted by Gasteiger charge is 2.21. The molecule has 0 fully saturated rings. The molecule has 0 aromatic heterocycles. The largest absolute Gasteiger partial charge is 0.463 e. The van der Waals surface area contributed by atoms with E-state index in [1.54, 1.807) is 0 Å². The summed E-state index contributed by atoms with van der Waals surface area (Å²) in [6, 6.07) is 0. The lowest BCUT2D eigenvalue weighted by Crippen LogP contribution is -2.37. The van der Waals surface area contributed by atoms with Gasteiger partial charge in [-0.2, -0.15) is 0 Å². The van der Waals surface area contributed by atoms with Crippen LogP contribution in [-0.4, -0.2) is 76.1 Å². The summed E-state index contributed by atoms with van der Waals surface area (Å²) in [6.07, 6.45) is 16.5. The van der Waals surface area contributed by atoms with Gasteiger partial charge < -0.3 is 27.9 Å². The number of rotatable bonds is 24. The van der Waals surface area contributed by atoms with E-state index in [9.17, 15) is 9.69 Å². The van der Waals surface area contributed by atoms with Crippen LogP contribution in [0.15, 0.2) is 0 Å². The minimum absolute atomic E-state index is 0.0146. The molecule has 2 unspecified atom stereocenters. The van der Waals surface area contributed by atoms with Crippen LogP contribution in [0.1, 0.15) is 96.8 Å². The molecule has 2 atom stereocenters. The van der Waals surface area contributed by atoms with Gasteiger partial charge >= 0.3 is 12.7 Å². The molecule has 0 rings (SSSR count). The third-order valence-corrected chi connectivity index (χ3v) is 7.30. The molecule has 0 bridgehead atoms. The van der Waals surface area contributed by atoms with E-state index < -0.39 is 12.8 Å². The maximum absolute atomic E-state index is 12.0. The van der Waals surface area contributed by atoms with Crippen LogP contribution in [0.25, 0.3) is 0 Å². The molecule has 9 heteroatoms. The summed E-state index contributed by atoms with van der Waals surface area (Å²) in [7, 11) is 7.59. The van der Waals surface area contributed by atoms with Crippen LogP contribution in [0.3, 0.4) is 0 Å². The molecule has 0 aliphatic rings. The fourth-order valence-corrected chi connectivity index (χ4v) is 4.52. The van der Waals surface area contributed by atoms with Crippen LogP contribution in [0, 0.1) is 0 Å². The number of methoxy groups -OCH3 is 1. The van der Waals surface area contributed by atoms with Crippen molar-refractivity contribution < 1.29 is 32.7 Å². The second kappa shape index (κ2) is 21.0. The van der Waals surface area contributed by atoms with Gasteiger partial charge in [0, 0.05) is 13.5 Å². The normalized spacial score (nSPS) is 14.6. The Balaban J connectivity index is 3.71. The zero-order valence-corrected chi connectivity index (χ0v) is 24.3. The maximum atomic E-state index is 12.0. The van der Waals surface area contributed by atoms with Crippen LogP contribution in [-0.2, 0) is 35.1 Å². The number of hydrogen-bond donors (Lipinski definition) is 1. The van der Waals surface area contributed by atoms with Crippen molar-refractivity contribution in [3.05, 3.63) is 0 Å². The molecule has 204 valence electrons. The van der Waals surface area contributed by atoms with Crippen LogP contribution >= 0.6 is 6.72 Å². The van der Waals surface area contributed by atoms with Crippen LogP contribution in [0.2, 0.25) is 0 Å². The summed E-state index contributed by atoms with van der Waals surface area (Å²) < 4.78 is 22.0. The number of esters is 1. The molecule has 0 saturated carbocycles. The average Bonchev–Trinajstić information content (AvgIpc) is 2.76. The maximum Gasteiger partial charge on any atom is 0.324 e. The highest BCUT2D eigenvalue weighted by atomic mass is 32.5. The lowest BCUT2D eigenvalue weighted by molar-refractivity contribution is -0.870. The van der Waals surface area contributed by atoms with Gasteiger partial charge in [-0.15, -0.1) is 0 Å². The molecule has 0 spiro atoms. The first-order valence-corrected chi connectivity index (χ1v) is 15.8. The molecule has 7 nitrogen and oxygen atoms in total. The zero-order chi connectivity index (χ0) is 25.7. The van der Waals surface area contributed by atoms with E-state index in [0.29, 0.717) is 24.1 Å². The van der Waals surface area contributed by atoms with Gasteiger partial charge in [0.05, 0.1) is 27.7 Å². The quantitative estimate of drug-likeness (QED) is 0.0717. The summed E-state index contributed by atoms with van der Waals surface area (Å²) in [5, 5.41) is 0. The van der Waals surface area contributed by atoms with E-state index in [2.05, 4.69) is 6.92 Å². The standard InChI is InChI=1S/C25H52NO6PS/c1-6-7-8-9-10-11-12-13-14-15-16-17-18-19-25(27)30-22-24(29-5)23-32-33(28,34)31-21-20-26(2,3)4/h24H,6-23H2,1-5H3/p+1. The smallest absolute Gasteiger partial charge is 0.324 e. The Bertz CT molecular complexity index is 544. The van der Waals surface area contributed by atoms with E-state index in [1.165, 1.54) is 77.7 Å². The van der Waals surface area contributed by atoms with Crippen molar-refractivity contribution in [3.8, 4) is 0 Å². The highest BCUT2D eigenvalue weighted by Crippen LogP contribution is 2.43. The summed E-state index contributed by atoms with van der Waals surface area (Å²) in [4.78, 5) is 22.1. The number of carbonyl (C=O) groups is 1.